The number of sulfonamides is 1. The molecule has 0 amide bonds. The van der Waals surface area contributed by atoms with E-state index in [0.29, 0.717) is 65.2 Å². The molecule has 6 aromatic heterocycles. The van der Waals surface area contributed by atoms with Gasteiger partial charge in [0.1, 0.15) is 87.5 Å². The molecule has 113 heavy (non-hydrogen) atoms. The third-order valence-electron chi connectivity index (χ3n) is 19.3. The molecule has 10 aromatic rings. The van der Waals surface area contributed by atoms with Crippen molar-refractivity contribution in [2.45, 2.75) is 145 Å². The van der Waals surface area contributed by atoms with Crippen LogP contribution < -0.4 is 16.0 Å². The molecule has 0 unspecified atom stereocenters. The fourth-order valence-corrected chi connectivity index (χ4v) is 16.0. The second-order valence-electron chi connectivity index (χ2n) is 29.1. The summed E-state index contributed by atoms with van der Waals surface area (Å²) in [6.45, 7) is 4.28. The first-order chi connectivity index (χ1) is 52.5. The van der Waals surface area contributed by atoms with Gasteiger partial charge in [0, 0.05) is 112 Å². The zero-order chi connectivity index (χ0) is 82.6. The number of pyridine rings is 2. The fourth-order valence-electron chi connectivity index (χ4n) is 14.9. The Kier molecular flexibility index (Phi) is 22.6. The van der Waals surface area contributed by atoms with E-state index in [9.17, 15) is 71.8 Å². The van der Waals surface area contributed by atoms with Crippen LogP contribution in [0.2, 0.25) is 10.0 Å². The number of alkyl halides is 8. The van der Waals surface area contributed by atoms with Gasteiger partial charge in [-0.2, -0.15) is 46.4 Å². The maximum atomic E-state index is 15.4. The van der Waals surface area contributed by atoms with Crippen molar-refractivity contribution in [1.82, 2.24) is 49.1 Å². The Balaban J connectivity index is 0.000000198. The molecule has 6 heterocycles. The molecule has 0 radical (unpaired) electrons. The lowest BCUT2D eigenvalue weighted by molar-refractivity contribution is -0.121. The van der Waals surface area contributed by atoms with Crippen molar-refractivity contribution in [3.63, 3.8) is 0 Å². The number of aliphatic hydroxyl groups is 2. The van der Waals surface area contributed by atoms with E-state index in [-0.39, 0.29) is 92.6 Å². The number of rotatable bonds is 20. The number of halogens is 15. The number of fused-ring (bicyclic) bond motifs is 8. The van der Waals surface area contributed by atoms with Crippen molar-refractivity contribution >= 4 is 92.3 Å². The molecule has 2 fully saturated rings. The minimum Gasteiger partial charge on any atom is -0.382 e. The highest BCUT2D eigenvalue weighted by Gasteiger charge is 2.68. The summed E-state index contributed by atoms with van der Waals surface area (Å²) >= 11 is 13.1. The number of aryl methyl sites for hydroxylation is 2. The molecule has 21 nitrogen and oxygen atoms in total. The highest BCUT2D eigenvalue weighted by molar-refractivity contribution is 8.11. The van der Waals surface area contributed by atoms with E-state index >= 15 is 17.6 Å². The molecule has 0 bridgehead atoms. The Labute approximate surface area is 651 Å². The number of hydrogen-bond donors (Lipinski definition) is 5. The van der Waals surface area contributed by atoms with Crippen molar-refractivity contribution in [3.8, 4) is 45.9 Å². The zero-order valence-electron chi connectivity index (χ0n) is 60.1. The second kappa shape index (κ2) is 30.7. The number of carbonyl (C=O) groups excluding carboxylic acids is 2. The second-order valence-corrected chi connectivity index (χ2v) is 33.7. The monoisotopic (exact) mass is 1670 g/mol. The number of nitrogen functional groups attached to an aromatic ring is 1. The number of primary sulfonamides is 1. The molecule has 4 aliphatic carbocycles. The van der Waals surface area contributed by atoms with E-state index in [1.165, 1.54) is 56.2 Å². The van der Waals surface area contributed by atoms with Crippen LogP contribution in [0, 0.1) is 58.8 Å². The number of ketones is 2. The fraction of sp³-hybridized carbons (Fsp3) is 0.360. The van der Waals surface area contributed by atoms with Crippen LogP contribution in [0.3, 0.4) is 0 Å². The van der Waals surface area contributed by atoms with Crippen molar-refractivity contribution in [2.75, 3.05) is 5.73 Å². The molecule has 6 atom stereocenters. The average Bonchev–Trinajstić information content (AvgIpc) is 1.52. The average molecular weight is 1680 g/mol. The molecule has 8 N–H and O–H groups in total. The van der Waals surface area contributed by atoms with E-state index in [1.807, 2.05) is 0 Å². The lowest BCUT2D eigenvalue weighted by Crippen LogP contribution is -2.24. The van der Waals surface area contributed by atoms with Crippen LogP contribution in [-0.2, 0) is 86.5 Å². The van der Waals surface area contributed by atoms with Crippen LogP contribution in [0.1, 0.15) is 163 Å². The van der Waals surface area contributed by atoms with Crippen molar-refractivity contribution < 1.29 is 89.3 Å². The number of nitrogens with zero attached hydrogens (tertiary/aromatic N) is 10. The molecule has 4 aromatic carbocycles. The summed E-state index contributed by atoms with van der Waals surface area (Å²) in [5.41, 5.74) is 3.46. The summed E-state index contributed by atoms with van der Waals surface area (Å²) in [6.07, 6.45) is -7.50. The number of Topliss-reactive ketones (excluding diaryl/α,β-unsaturated/α-hetero) is 2. The van der Waals surface area contributed by atoms with Gasteiger partial charge in [0.25, 0.3) is 33.9 Å². The molecular formula is C75H66Cl3F12N13O8S2. The first-order valence-corrected chi connectivity index (χ1v) is 39.2. The third kappa shape index (κ3) is 18.1. The summed E-state index contributed by atoms with van der Waals surface area (Å²) in [6, 6.07) is 18.4. The van der Waals surface area contributed by atoms with Gasteiger partial charge in [-0.25, -0.2) is 63.8 Å². The minimum atomic E-state index is -4.07. The van der Waals surface area contributed by atoms with Gasteiger partial charge in [-0.15, -0.1) is 0 Å². The van der Waals surface area contributed by atoms with E-state index in [0.717, 1.165) is 24.3 Å². The SMILES string of the molecule is Cn1nc(CS(N)(=O)=O)c2c(Cl)ccc(-c3ccc(C#CC(C)(C)O)nc3[C@@H](CC(=O)Cn3nc(C(F)F)c4c3C(F)(F)[C@@H]3C[C@H]43)Cc3cc(F)cc(F)c3)c21.Cn1nc(N)c2c(Cl)ccc(-c3ccc(C#CC(C)(C)O)nc3[C@@H](CC(=O)Cn3nc(C(F)F)c4c3C(F)(F)[C@@H]3C[C@H]43)Cc3cc(F)cc(F)c3)c21.NS(=O)(=O)Cl. The number of aromatic nitrogens is 10. The van der Waals surface area contributed by atoms with Gasteiger partial charge < -0.3 is 15.9 Å². The topological polar surface area (TPSA) is 318 Å². The molecule has 596 valence electrons. The van der Waals surface area contributed by atoms with Crippen LogP contribution >= 0.6 is 33.9 Å². The first kappa shape index (κ1) is 83.0. The summed E-state index contributed by atoms with van der Waals surface area (Å²) in [7, 11) is -0.289. The normalized spacial score (nSPS) is 17.6. The zero-order valence-corrected chi connectivity index (χ0v) is 64.0. The number of benzene rings is 4. The predicted molar refractivity (Wildman–Crippen MR) is 393 cm³/mol. The standard InChI is InChI=1S/C38H33ClF6N6O4S.C37H31ClF6N6O2.ClH2NO2S/c1-37(2,53)9-8-22-4-5-24(25-6-7-28(39)31-29(17-56(46,54)55)48-50(3)34(25)31)32(47-22)19(10-18-11-20(40)14-21(41)12-18)13-23(52)16-51-35-30(33(49-51)36(42)43)26-15-27(26)38(35,44)45;1-36(2,52)9-8-21-4-5-23(24-6-7-27(38)29-32(24)49(3)48-35(29)45)30(46-21)18(10-17-11-19(39)14-20(40)12-17)13-22(51)16-50-33-28(31(47-50)34(41)42)25-15-26(25)37(33,43)44;1-5(2,3)4/h4-7,11-12,14,19,26-27,36,53H,10,13,15-17H2,1-3H3,(H2,46,54,55);4-7,11-12,14,18,25-26,34,52H,10,13,15-16H2,1-3H3,(H2,45,48);(H2,2,3,4)/t19-,26+,27-;18-,25+,26-;/m11./s1. The lowest BCUT2D eigenvalue weighted by atomic mass is 9.86. The molecule has 0 saturated heterocycles. The number of hydrogen-bond acceptors (Lipinski definition) is 15. The quantitative estimate of drug-likeness (QED) is 0.0269. The van der Waals surface area contributed by atoms with Gasteiger partial charge in [0.2, 0.25) is 10.0 Å². The van der Waals surface area contributed by atoms with E-state index in [1.54, 1.807) is 43.4 Å². The Hall–Kier alpha value is -9.43. The van der Waals surface area contributed by atoms with Gasteiger partial charge >= 0.3 is 0 Å². The van der Waals surface area contributed by atoms with Crippen LogP contribution in [0.25, 0.3) is 44.1 Å². The van der Waals surface area contributed by atoms with Gasteiger partial charge in [0.05, 0.1) is 43.5 Å². The van der Waals surface area contributed by atoms with Crippen molar-refractivity contribution in [1.29, 1.82) is 0 Å². The number of anilines is 1. The largest absolute Gasteiger partial charge is 0.382 e. The lowest BCUT2D eigenvalue weighted by Gasteiger charge is -2.22. The first-order valence-electron chi connectivity index (χ1n) is 34.3. The van der Waals surface area contributed by atoms with Crippen LogP contribution in [0.15, 0.2) is 84.9 Å². The molecule has 14 rings (SSSR count). The number of carbonyl (C=O) groups is 2. The molecule has 4 aliphatic rings. The van der Waals surface area contributed by atoms with E-state index in [2.05, 4.69) is 59.9 Å². The van der Waals surface area contributed by atoms with E-state index < -0.39 is 180 Å². The third-order valence-corrected chi connectivity index (χ3v) is 20.6. The molecule has 0 spiro atoms. The maximum absolute atomic E-state index is 15.4. The molecule has 38 heteroatoms. The number of nitrogens with two attached hydrogens (primary N) is 3. The molecule has 0 aliphatic heterocycles. The molecular weight excluding hydrogens is 1610 g/mol. The summed E-state index contributed by atoms with van der Waals surface area (Å²) in [5.74, 6) is -7.29. The highest BCUT2D eigenvalue weighted by Crippen LogP contribution is 2.69. The van der Waals surface area contributed by atoms with Crippen LogP contribution in [-0.4, -0.2) is 98.9 Å². The van der Waals surface area contributed by atoms with Gasteiger partial charge in [-0.3, -0.25) is 28.3 Å². The van der Waals surface area contributed by atoms with Gasteiger partial charge in [0.15, 0.2) is 17.4 Å². The van der Waals surface area contributed by atoms with Crippen LogP contribution in [0.4, 0.5) is 58.5 Å². The Bertz CT molecular complexity index is 5870. The van der Waals surface area contributed by atoms with E-state index in [4.69, 9.17) is 44.0 Å². The predicted octanol–water partition coefficient (Wildman–Crippen LogP) is 13.8. The maximum Gasteiger partial charge on any atom is 0.294 e. The summed E-state index contributed by atoms with van der Waals surface area (Å²) in [5, 5.41) is 47.4. The Morgan fingerprint density at radius 2 is 0.938 bits per heavy atom. The van der Waals surface area contributed by atoms with Gasteiger partial charge in [-0.05, 0) is 149 Å². The highest BCUT2D eigenvalue weighted by atomic mass is 35.7. The Morgan fingerprint density at radius 1 is 0.575 bits per heavy atom. The smallest absolute Gasteiger partial charge is 0.294 e. The van der Waals surface area contributed by atoms with Crippen molar-refractivity contribution in [3.05, 3.63) is 192 Å². The summed E-state index contributed by atoms with van der Waals surface area (Å²) < 4.78 is 222. The minimum absolute atomic E-state index is 0.0327. The van der Waals surface area contributed by atoms with Gasteiger partial charge in [-0.1, -0.05) is 47.2 Å². The molecule has 2 saturated carbocycles. The Morgan fingerprint density at radius 3 is 1.31 bits per heavy atom. The van der Waals surface area contributed by atoms with Crippen molar-refractivity contribution in [2.24, 2.45) is 36.2 Å². The van der Waals surface area contributed by atoms with Crippen LogP contribution in [0.5, 0.6) is 0 Å². The summed E-state index contributed by atoms with van der Waals surface area (Å²) in [4.78, 5) is 37.5.